The van der Waals surface area contributed by atoms with E-state index < -0.39 is 12.1 Å². The highest BCUT2D eigenvalue weighted by atomic mass is 35.5. The zero-order valence-corrected chi connectivity index (χ0v) is 22.1. The summed E-state index contributed by atoms with van der Waals surface area (Å²) in [7, 11) is 0. The number of fused-ring (bicyclic) bond motifs is 3. The van der Waals surface area contributed by atoms with E-state index in [0.717, 1.165) is 38.8 Å². The number of rotatable bonds is 7. The lowest BCUT2D eigenvalue weighted by Crippen LogP contribution is -2.19. The Labute approximate surface area is 231 Å². The van der Waals surface area contributed by atoms with Crippen LogP contribution in [0.5, 0.6) is 0 Å². The first-order valence-corrected chi connectivity index (χ1v) is 12.5. The normalized spacial score (nSPS) is 12.2. The van der Waals surface area contributed by atoms with Crippen molar-refractivity contribution in [1.82, 2.24) is 14.0 Å². The Bertz CT molecular complexity index is 1840. The van der Waals surface area contributed by atoms with Gasteiger partial charge in [0.1, 0.15) is 5.65 Å². The van der Waals surface area contributed by atoms with Gasteiger partial charge in [0.15, 0.2) is 0 Å². The van der Waals surface area contributed by atoms with Gasteiger partial charge >= 0.3 is 5.97 Å². The van der Waals surface area contributed by atoms with Crippen LogP contribution in [0.1, 0.15) is 27.2 Å². The number of aliphatic hydroxyl groups excluding tert-OH is 2. The van der Waals surface area contributed by atoms with Gasteiger partial charge in [-0.15, -0.1) is 12.4 Å². The van der Waals surface area contributed by atoms with Crippen molar-refractivity contribution in [3.05, 3.63) is 108 Å². The molecule has 0 saturated heterocycles. The van der Waals surface area contributed by atoms with Crippen LogP contribution >= 0.6 is 12.4 Å². The number of aromatic nitrogens is 3. The second-order valence-corrected chi connectivity index (χ2v) is 9.64. The molecule has 3 N–H and O–H groups in total. The van der Waals surface area contributed by atoms with Crippen molar-refractivity contribution in [2.45, 2.75) is 26.0 Å². The lowest BCUT2D eigenvalue weighted by molar-refractivity contribution is 0.0699. The Morgan fingerprint density at radius 2 is 1.79 bits per heavy atom. The molecule has 0 aliphatic carbocycles. The first-order valence-electron chi connectivity index (χ1n) is 12.5. The molecule has 6 aromatic rings. The minimum absolute atomic E-state index is 0. The Morgan fingerprint density at radius 3 is 2.59 bits per heavy atom. The number of imidazole rings is 1. The zero-order valence-electron chi connectivity index (χ0n) is 21.3. The predicted molar refractivity (Wildman–Crippen MR) is 155 cm³/mol. The van der Waals surface area contributed by atoms with Crippen LogP contribution in [0.25, 0.3) is 38.6 Å². The van der Waals surface area contributed by atoms with E-state index in [1.165, 1.54) is 0 Å². The van der Waals surface area contributed by atoms with Gasteiger partial charge in [0.2, 0.25) is 0 Å². The summed E-state index contributed by atoms with van der Waals surface area (Å²) < 4.78 is 3.99. The van der Waals surface area contributed by atoms with E-state index in [9.17, 15) is 20.1 Å². The molecule has 0 radical (unpaired) electrons. The SMILES string of the molecule is Cc1cccc2c1c(Cc1c(-c3ccc4ccccc4c3C(=O)O)nc3ccccn13)cn2CC(O)CO.Cl. The van der Waals surface area contributed by atoms with Crippen molar-refractivity contribution in [2.24, 2.45) is 0 Å². The Balaban J connectivity index is 0.00000308. The fourth-order valence-electron chi connectivity index (χ4n) is 5.51. The molecule has 7 nitrogen and oxygen atoms in total. The minimum Gasteiger partial charge on any atom is -0.478 e. The number of hydrogen-bond acceptors (Lipinski definition) is 4. The molecule has 6 rings (SSSR count). The maximum absolute atomic E-state index is 12.6. The fraction of sp³-hybridized carbons (Fsp3) is 0.161. The Hall–Kier alpha value is -4.17. The van der Waals surface area contributed by atoms with Gasteiger partial charge in [0.05, 0.1) is 36.2 Å². The fourth-order valence-corrected chi connectivity index (χ4v) is 5.51. The van der Waals surface area contributed by atoms with E-state index in [-0.39, 0.29) is 31.1 Å². The smallest absolute Gasteiger partial charge is 0.337 e. The van der Waals surface area contributed by atoms with Gasteiger partial charge in [0.25, 0.3) is 0 Å². The molecule has 3 aromatic carbocycles. The number of aliphatic hydroxyl groups is 2. The van der Waals surface area contributed by atoms with Crippen molar-refractivity contribution in [1.29, 1.82) is 0 Å². The highest BCUT2D eigenvalue weighted by molar-refractivity contribution is 6.09. The zero-order chi connectivity index (χ0) is 26.4. The summed E-state index contributed by atoms with van der Waals surface area (Å²) in [4.78, 5) is 17.5. The average molecular weight is 542 g/mol. The molecule has 0 amide bonds. The summed E-state index contributed by atoms with van der Waals surface area (Å²) in [5, 5.41) is 32.5. The quantitative estimate of drug-likeness (QED) is 0.248. The van der Waals surface area contributed by atoms with Crippen LogP contribution < -0.4 is 0 Å². The summed E-state index contributed by atoms with van der Waals surface area (Å²) in [6.07, 6.45) is 3.59. The van der Waals surface area contributed by atoms with Gasteiger partial charge in [-0.05, 0) is 47.0 Å². The maximum atomic E-state index is 12.6. The molecule has 3 heterocycles. The third kappa shape index (κ3) is 4.55. The van der Waals surface area contributed by atoms with Crippen molar-refractivity contribution in [2.75, 3.05) is 6.61 Å². The summed E-state index contributed by atoms with van der Waals surface area (Å²) in [5.74, 6) is -0.995. The van der Waals surface area contributed by atoms with E-state index in [0.29, 0.717) is 23.1 Å². The summed E-state index contributed by atoms with van der Waals surface area (Å²) in [6.45, 7) is 2.00. The van der Waals surface area contributed by atoms with Gasteiger partial charge in [0, 0.05) is 35.3 Å². The molecule has 0 bridgehead atoms. The van der Waals surface area contributed by atoms with Crippen LogP contribution in [-0.4, -0.2) is 48.0 Å². The van der Waals surface area contributed by atoms with Gasteiger partial charge in [-0.25, -0.2) is 9.78 Å². The standard InChI is InChI=1S/C31H27N3O4.ClH/c1-19-7-6-10-25-28(19)21(16-33(25)17-22(36)18-35)15-26-30(32-27-11-4-5-14-34(26)27)24-13-12-20-8-2-3-9-23(20)29(24)31(37)38;/h2-14,16,22,35-36H,15,17-18H2,1H3,(H,37,38);1H. The predicted octanol–water partition coefficient (Wildman–Crippen LogP) is 5.48. The molecule has 0 aliphatic rings. The van der Waals surface area contributed by atoms with E-state index in [2.05, 4.69) is 13.0 Å². The monoisotopic (exact) mass is 541 g/mol. The van der Waals surface area contributed by atoms with Crippen LogP contribution in [0.4, 0.5) is 0 Å². The highest BCUT2D eigenvalue weighted by Crippen LogP contribution is 2.35. The number of hydrogen-bond donors (Lipinski definition) is 3. The number of carboxylic acids is 1. The molecule has 3 aromatic heterocycles. The molecule has 8 heteroatoms. The molecule has 0 fully saturated rings. The average Bonchev–Trinajstić information content (AvgIpc) is 3.47. The van der Waals surface area contributed by atoms with Gasteiger partial charge in [-0.3, -0.25) is 0 Å². The number of halogens is 1. The lowest BCUT2D eigenvalue weighted by atomic mass is 9.94. The number of carboxylic acid groups (broad SMARTS) is 1. The van der Waals surface area contributed by atoms with Gasteiger partial charge in [-0.2, -0.15) is 0 Å². The molecular weight excluding hydrogens is 514 g/mol. The Kier molecular flexibility index (Phi) is 7.14. The number of carbonyl (C=O) groups is 1. The van der Waals surface area contributed by atoms with Gasteiger partial charge < -0.3 is 24.3 Å². The molecule has 1 atom stereocenters. The molecule has 0 aliphatic heterocycles. The number of nitrogens with zero attached hydrogens (tertiary/aromatic N) is 3. The van der Waals surface area contributed by atoms with Crippen molar-refractivity contribution < 1.29 is 20.1 Å². The van der Waals surface area contributed by atoms with Crippen LogP contribution in [0.3, 0.4) is 0 Å². The number of aromatic carboxylic acids is 1. The molecule has 1 unspecified atom stereocenters. The minimum atomic E-state index is -0.995. The largest absolute Gasteiger partial charge is 0.478 e. The molecule has 0 spiro atoms. The van der Waals surface area contributed by atoms with Crippen LogP contribution in [0.2, 0.25) is 0 Å². The first-order chi connectivity index (χ1) is 18.5. The van der Waals surface area contributed by atoms with E-state index in [1.807, 2.05) is 88.1 Å². The highest BCUT2D eigenvalue weighted by Gasteiger charge is 2.23. The number of benzene rings is 3. The van der Waals surface area contributed by atoms with Crippen LogP contribution in [0, 0.1) is 6.92 Å². The summed E-state index contributed by atoms with van der Waals surface area (Å²) >= 11 is 0. The Morgan fingerprint density at radius 1 is 1.00 bits per heavy atom. The van der Waals surface area contributed by atoms with Crippen molar-refractivity contribution >= 4 is 45.7 Å². The van der Waals surface area contributed by atoms with Crippen LogP contribution in [-0.2, 0) is 13.0 Å². The van der Waals surface area contributed by atoms with E-state index >= 15 is 0 Å². The van der Waals surface area contributed by atoms with E-state index in [4.69, 9.17) is 4.98 Å². The second-order valence-electron chi connectivity index (χ2n) is 9.64. The lowest BCUT2D eigenvalue weighted by Gasteiger charge is -2.11. The number of pyridine rings is 1. The second kappa shape index (κ2) is 10.5. The number of aryl methyl sites for hydroxylation is 1. The third-order valence-electron chi connectivity index (χ3n) is 7.20. The van der Waals surface area contributed by atoms with Crippen molar-refractivity contribution in [3.63, 3.8) is 0 Å². The molecule has 39 heavy (non-hydrogen) atoms. The third-order valence-corrected chi connectivity index (χ3v) is 7.20. The summed E-state index contributed by atoms with van der Waals surface area (Å²) in [6, 6.07) is 23.1. The van der Waals surface area contributed by atoms with E-state index in [1.54, 1.807) is 0 Å². The van der Waals surface area contributed by atoms with Crippen molar-refractivity contribution in [3.8, 4) is 11.3 Å². The van der Waals surface area contributed by atoms with Gasteiger partial charge in [-0.1, -0.05) is 54.6 Å². The molecule has 198 valence electrons. The topological polar surface area (TPSA) is 100.0 Å². The maximum Gasteiger partial charge on any atom is 0.337 e. The molecular formula is C31H28ClN3O4. The molecule has 0 saturated carbocycles. The first kappa shape index (κ1) is 26.4. The summed E-state index contributed by atoms with van der Waals surface area (Å²) in [5.41, 5.74) is 6.16. The van der Waals surface area contributed by atoms with Crippen LogP contribution in [0.15, 0.2) is 85.2 Å².